The Morgan fingerprint density at radius 1 is 1.24 bits per heavy atom. The van der Waals surface area contributed by atoms with Crippen molar-refractivity contribution in [2.24, 2.45) is 0 Å². The van der Waals surface area contributed by atoms with E-state index in [4.69, 9.17) is 5.26 Å². The topological polar surface area (TPSA) is 39.6 Å². The Morgan fingerprint density at radius 2 is 2.00 bits per heavy atom. The second kappa shape index (κ2) is 4.13. The number of hydrogen-bond acceptors (Lipinski definition) is 1. The third kappa shape index (κ3) is 2.78. The summed E-state index contributed by atoms with van der Waals surface area (Å²) in [6.07, 6.45) is -5.06. The maximum Gasteiger partial charge on any atom is 0.389 e. The van der Waals surface area contributed by atoms with Crippen LogP contribution >= 0.6 is 0 Å². The molecule has 0 saturated heterocycles. The minimum absolute atomic E-state index is 0.0694. The van der Waals surface area contributed by atoms with E-state index in [-0.39, 0.29) is 6.42 Å². The average Bonchev–Trinajstić information content (AvgIpc) is 2.66. The summed E-state index contributed by atoms with van der Waals surface area (Å²) in [7, 11) is 0. The summed E-state index contributed by atoms with van der Waals surface area (Å²) < 4.78 is 36.2. The van der Waals surface area contributed by atoms with Gasteiger partial charge in [-0.25, -0.2) is 0 Å². The molecule has 0 bridgehead atoms. The van der Waals surface area contributed by atoms with Crippen molar-refractivity contribution in [3.8, 4) is 6.07 Å². The first kappa shape index (κ1) is 11.5. The molecule has 2 aromatic rings. The highest BCUT2D eigenvalue weighted by atomic mass is 19.4. The number of aromatic nitrogens is 1. The Balaban J connectivity index is 2.23. The normalized spacial score (nSPS) is 11.6. The number of aryl methyl sites for hydroxylation is 1. The van der Waals surface area contributed by atoms with Crippen LogP contribution in [0.4, 0.5) is 13.2 Å². The van der Waals surface area contributed by atoms with E-state index in [1.54, 1.807) is 24.3 Å². The zero-order valence-corrected chi connectivity index (χ0v) is 8.80. The van der Waals surface area contributed by atoms with Crippen LogP contribution in [0.25, 0.3) is 10.9 Å². The van der Waals surface area contributed by atoms with Crippen molar-refractivity contribution in [2.45, 2.75) is 19.0 Å². The lowest BCUT2D eigenvalue weighted by Crippen LogP contribution is -2.08. The first-order valence-electron chi connectivity index (χ1n) is 5.06. The Labute approximate surface area is 95.7 Å². The molecule has 0 spiro atoms. The highest BCUT2D eigenvalue weighted by Crippen LogP contribution is 2.24. The Hall–Kier alpha value is -1.96. The lowest BCUT2D eigenvalue weighted by molar-refractivity contribution is -0.134. The molecule has 1 aromatic carbocycles. The van der Waals surface area contributed by atoms with E-state index in [2.05, 4.69) is 4.98 Å². The molecular weight excluding hydrogens is 229 g/mol. The maximum atomic E-state index is 12.1. The molecule has 1 aromatic heterocycles. The smallest absolute Gasteiger partial charge is 0.358 e. The van der Waals surface area contributed by atoms with Gasteiger partial charge >= 0.3 is 6.18 Å². The van der Waals surface area contributed by atoms with Crippen molar-refractivity contribution in [3.63, 3.8) is 0 Å². The molecule has 2 nitrogen and oxygen atoms in total. The fraction of sp³-hybridized carbons (Fsp3) is 0.250. The number of fused-ring (bicyclic) bond motifs is 1. The van der Waals surface area contributed by atoms with E-state index < -0.39 is 12.6 Å². The van der Waals surface area contributed by atoms with Gasteiger partial charge in [0.05, 0.1) is 11.6 Å². The van der Waals surface area contributed by atoms with E-state index in [1.807, 2.05) is 6.07 Å². The lowest BCUT2D eigenvalue weighted by Gasteiger charge is -2.03. The van der Waals surface area contributed by atoms with Crippen LogP contribution < -0.4 is 0 Å². The third-order valence-electron chi connectivity index (χ3n) is 2.48. The van der Waals surface area contributed by atoms with Gasteiger partial charge in [0.1, 0.15) is 0 Å². The van der Waals surface area contributed by atoms with Crippen LogP contribution in [0.2, 0.25) is 0 Å². The minimum atomic E-state index is -4.14. The first-order chi connectivity index (χ1) is 7.98. The summed E-state index contributed by atoms with van der Waals surface area (Å²) in [6, 6.07) is 8.63. The summed E-state index contributed by atoms with van der Waals surface area (Å²) in [6.45, 7) is 0. The first-order valence-corrected chi connectivity index (χ1v) is 5.06. The van der Waals surface area contributed by atoms with Gasteiger partial charge in [0.15, 0.2) is 0 Å². The molecule has 0 unspecified atom stereocenters. The van der Waals surface area contributed by atoms with E-state index in [0.29, 0.717) is 11.3 Å². The van der Waals surface area contributed by atoms with Crippen LogP contribution in [-0.4, -0.2) is 11.2 Å². The molecule has 0 aliphatic rings. The van der Waals surface area contributed by atoms with Gasteiger partial charge in [0.2, 0.25) is 0 Å². The molecule has 5 heteroatoms. The molecule has 1 heterocycles. The third-order valence-corrected chi connectivity index (χ3v) is 2.48. The molecule has 0 amide bonds. The SMILES string of the molecule is N#Cc1ccc2[nH]c(CCC(F)(F)F)cc2c1. The molecule has 2 rings (SSSR count). The van der Waals surface area contributed by atoms with Crippen LogP contribution in [0, 0.1) is 11.3 Å². The minimum Gasteiger partial charge on any atom is -0.358 e. The van der Waals surface area contributed by atoms with Crippen LogP contribution in [0.5, 0.6) is 0 Å². The molecule has 0 aliphatic carbocycles. The van der Waals surface area contributed by atoms with Crippen molar-refractivity contribution in [1.29, 1.82) is 5.26 Å². The second-order valence-corrected chi connectivity index (χ2v) is 3.82. The van der Waals surface area contributed by atoms with Crippen molar-refractivity contribution in [2.75, 3.05) is 0 Å². The molecule has 0 atom stereocenters. The van der Waals surface area contributed by atoms with E-state index in [0.717, 1.165) is 10.9 Å². The summed E-state index contributed by atoms with van der Waals surface area (Å²) >= 11 is 0. The Kier molecular flexibility index (Phi) is 2.80. The van der Waals surface area contributed by atoms with Crippen LogP contribution in [0.15, 0.2) is 24.3 Å². The highest BCUT2D eigenvalue weighted by molar-refractivity contribution is 5.81. The van der Waals surface area contributed by atoms with E-state index in [1.165, 1.54) is 0 Å². The second-order valence-electron chi connectivity index (χ2n) is 3.82. The number of H-pyrrole nitrogens is 1. The summed E-state index contributed by atoms with van der Waals surface area (Å²) in [4.78, 5) is 2.91. The number of alkyl halides is 3. The molecule has 0 radical (unpaired) electrons. The van der Waals surface area contributed by atoms with Crippen molar-refractivity contribution >= 4 is 10.9 Å². The summed E-state index contributed by atoms with van der Waals surface area (Å²) in [5, 5.41) is 9.47. The maximum absolute atomic E-state index is 12.1. The standard InChI is InChI=1S/C12H9F3N2/c13-12(14,15)4-3-10-6-9-5-8(7-16)1-2-11(9)17-10/h1-2,5-6,17H,3-4H2. The van der Waals surface area contributed by atoms with Gasteiger partial charge in [-0.05, 0) is 30.7 Å². The zero-order valence-electron chi connectivity index (χ0n) is 8.80. The fourth-order valence-electron chi connectivity index (χ4n) is 1.67. The van der Waals surface area contributed by atoms with Crippen LogP contribution in [0.3, 0.4) is 0 Å². The van der Waals surface area contributed by atoms with Gasteiger partial charge < -0.3 is 4.98 Å². The monoisotopic (exact) mass is 238 g/mol. The predicted molar refractivity (Wildman–Crippen MR) is 57.4 cm³/mol. The van der Waals surface area contributed by atoms with Gasteiger partial charge in [0, 0.05) is 23.0 Å². The van der Waals surface area contributed by atoms with Gasteiger partial charge in [-0.1, -0.05) is 0 Å². The molecule has 0 saturated carbocycles. The molecule has 1 N–H and O–H groups in total. The largest absolute Gasteiger partial charge is 0.389 e. The lowest BCUT2D eigenvalue weighted by atomic mass is 10.1. The average molecular weight is 238 g/mol. The predicted octanol–water partition coefficient (Wildman–Crippen LogP) is 3.53. The van der Waals surface area contributed by atoms with Crippen LogP contribution in [0.1, 0.15) is 17.7 Å². The van der Waals surface area contributed by atoms with Crippen molar-refractivity contribution in [3.05, 3.63) is 35.5 Å². The number of hydrogen-bond donors (Lipinski definition) is 1. The van der Waals surface area contributed by atoms with Crippen molar-refractivity contribution < 1.29 is 13.2 Å². The zero-order chi connectivity index (χ0) is 12.5. The molecular formula is C12H9F3N2. The molecule has 88 valence electrons. The van der Waals surface area contributed by atoms with Gasteiger partial charge in [0.25, 0.3) is 0 Å². The molecule has 17 heavy (non-hydrogen) atoms. The van der Waals surface area contributed by atoms with E-state index >= 15 is 0 Å². The Bertz CT molecular complexity index is 575. The number of benzene rings is 1. The van der Waals surface area contributed by atoms with E-state index in [9.17, 15) is 13.2 Å². The number of rotatable bonds is 2. The van der Waals surface area contributed by atoms with Gasteiger partial charge in [-0.2, -0.15) is 18.4 Å². The van der Waals surface area contributed by atoms with Crippen molar-refractivity contribution in [1.82, 2.24) is 4.98 Å². The quantitative estimate of drug-likeness (QED) is 0.854. The highest BCUT2D eigenvalue weighted by Gasteiger charge is 2.26. The summed E-state index contributed by atoms with van der Waals surface area (Å²) in [5.41, 5.74) is 1.78. The molecule has 0 aliphatic heterocycles. The number of nitrogens with zero attached hydrogens (tertiary/aromatic N) is 1. The van der Waals surface area contributed by atoms with Gasteiger partial charge in [-0.15, -0.1) is 0 Å². The Morgan fingerprint density at radius 3 is 2.65 bits per heavy atom. The van der Waals surface area contributed by atoms with Gasteiger partial charge in [-0.3, -0.25) is 0 Å². The fourth-order valence-corrected chi connectivity index (χ4v) is 1.67. The number of aromatic amines is 1. The number of nitrogens with one attached hydrogen (secondary N) is 1. The molecule has 0 fully saturated rings. The number of nitriles is 1. The van der Waals surface area contributed by atoms with Crippen LogP contribution in [-0.2, 0) is 6.42 Å². The number of halogens is 3. The summed E-state index contributed by atoms with van der Waals surface area (Å²) in [5.74, 6) is 0.